The molecule has 0 spiro atoms. The van der Waals surface area contributed by atoms with Crippen LogP contribution >= 0.6 is 0 Å². The molecule has 2 N–H and O–H groups in total. The third kappa shape index (κ3) is 5.85. The van der Waals surface area contributed by atoms with Crippen molar-refractivity contribution in [3.05, 3.63) is 52.8 Å². The van der Waals surface area contributed by atoms with Crippen molar-refractivity contribution < 1.29 is 0 Å². The van der Waals surface area contributed by atoms with Crippen LogP contribution in [0.2, 0.25) is 0 Å². The molecule has 5 nitrogen and oxygen atoms in total. The third-order valence-corrected chi connectivity index (χ3v) is 5.38. The van der Waals surface area contributed by atoms with E-state index < -0.39 is 0 Å². The second kappa shape index (κ2) is 10.3. The smallest absolute Gasteiger partial charge is 0.191 e. The molecule has 2 rings (SSSR count). The van der Waals surface area contributed by atoms with Crippen molar-refractivity contribution in [3.63, 3.8) is 0 Å². The van der Waals surface area contributed by atoms with Gasteiger partial charge < -0.3 is 10.6 Å². The summed E-state index contributed by atoms with van der Waals surface area (Å²) in [7, 11) is 2.01. The third-order valence-electron chi connectivity index (χ3n) is 5.38. The van der Waals surface area contributed by atoms with Gasteiger partial charge in [-0.2, -0.15) is 5.10 Å². The van der Waals surface area contributed by atoms with Crippen LogP contribution < -0.4 is 10.6 Å². The largest absolute Gasteiger partial charge is 0.357 e. The van der Waals surface area contributed by atoms with Crippen molar-refractivity contribution in [2.24, 2.45) is 18.0 Å². The van der Waals surface area contributed by atoms with Gasteiger partial charge in [0.05, 0.1) is 5.69 Å². The fourth-order valence-electron chi connectivity index (χ4n) is 3.61. The van der Waals surface area contributed by atoms with Gasteiger partial charge in [0.2, 0.25) is 0 Å². The number of hydrogen-bond donors (Lipinski definition) is 2. The van der Waals surface area contributed by atoms with Crippen molar-refractivity contribution in [2.75, 3.05) is 13.1 Å². The number of guanidine groups is 1. The Bertz CT molecular complexity index is 761. The van der Waals surface area contributed by atoms with Crippen LogP contribution in [0.5, 0.6) is 0 Å². The van der Waals surface area contributed by atoms with Crippen LogP contribution in [0.1, 0.15) is 56.1 Å². The zero-order valence-electron chi connectivity index (χ0n) is 18.6. The predicted octanol–water partition coefficient (Wildman–Crippen LogP) is 3.96. The summed E-state index contributed by atoms with van der Waals surface area (Å²) in [5.41, 5.74) is 5.02. The maximum absolute atomic E-state index is 4.92. The second-order valence-corrected chi connectivity index (χ2v) is 8.00. The van der Waals surface area contributed by atoms with Crippen LogP contribution in [-0.4, -0.2) is 34.9 Å². The van der Waals surface area contributed by atoms with E-state index in [0.29, 0.717) is 11.8 Å². The monoisotopic (exact) mass is 383 g/mol. The average molecular weight is 384 g/mol. The van der Waals surface area contributed by atoms with Crippen LogP contribution in [0.3, 0.4) is 0 Å². The van der Waals surface area contributed by atoms with Gasteiger partial charge in [-0.25, -0.2) is 0 Å². The number of rotatable bonds is 8. The Morgan fingerprint density at radius 3 is 2.36 bits per heavy atom. The minimum absolute atomic E-state index is 0.272. The minimum Gasteiger partial charge on any atom is -0.357 e. The predicted molar refractivity (Wildman–Crippen MR) is 119 cm³/mol. The topological polar surface area (TPSA) is 54.2 Å². The first-order chi connectivity index (χ1) is 13.3. The number of benzene rings is 1. The molecule has 5 heteroatoms. The molecule has 1 aromatic heterocycles. The Kier molecular flexibility index (Phi) is 8.09. The Hall–Kier alpha value is -2.30. The SMILES string of the molecule is CCNC(=NCC(c1ccccc1)C(C)C)NC(C)Cc1c(C)nn(C)c1C. The summed E-state index contributed by atoms with van der Waals surface area (Å²) in [5, 5.41) is 11.5. The van der Waals surface area contributed by atoms with Crippen molar-refractivity contribution in [3.8, 4) is 0 Å². The van der Waals surface area contributed by atoms with E-state index in [9.17, 15) is 0 Å². The normalized spacial score (nSPS) is 14.2. The first-order valence-electron chi connectivity index (χ1n) is 10.4. The second-order valence-electron chi connectivity index (χ2n) is 8.00. The average Bonchev–Trinajstić information content (AvgIpc) is 2.88. The van der Waals surface area contributed by atoms with Gasteiger partial charge in [-0.15, -0.1) is 0 Å². The molecule has 1 heterocycles. The molecule has 154 valence electrons. The standard InChI is InChI=1S/C23H37N5/c1-8-24-23(25-15-22(16(2)3)20-12-10-9-11-13-20)26-17(4)14-21-18(5)27-28(7)19(21)6/h9-13,16-17,22H,8,14-15H2,1-7H3,(H2,24,25,26). The van der Waals surface area contributed by atoms with E-state index in [1.165, 1.54) is 16.8 Å². The maximum atomic E-state index is 4.92. The molecule has 0 aliphatic rings. The Morgan fingerprint density at radius 2 is 1.82 bits per heavy atom. The molecule has 0 fully saturated rings. The number of nitrogens with one attached hydrogen (secondary N) is 2. The van der Waals surface area contributed by atoms with Crippen LogP contribution in [0.25, 0.3) is 0 Å². The fraction of sp³-hybridized carbons (Fsp3) is 0.565. The highest BCUT2D eigenvalue weighted by molar-refractivity contribution is 5.80. The Morgan fingerprint density at radius 1 is 1.14 bits per heavy atom. The van der Waals surface area contributed by atoms with Crippen molar-refractivity contribution in [2.45, 2.75) is 59.9 Å². The van der Waals surface area contributed by atoms with Gasteiger partial charge in [-0.05, 0) is 51.2 Å². The van der Waals surface area contributed by atoms with Crippen molar-refractivity contribution >= 4 is 5.96 Å². The van der Waals surface area contributed by atoms with Gasteiger partial charge in [0, 0.05) is 37.8 Å². The zero-order valence-corrected chi connectivity index (χ0v) is 18.6. The van der Waals surface area contributed by atoms with Gasteiger partial charge in [0.25, 0.3) is 0 Å². The molecule has 0 saturated carbocycles. The lowest BCUT2D eigenvalue weighted by atomic mass is 9.88. The van der Waals surface area contributed by atoms with Gasteiger partial charge >= 0.3 is 0 Å². The number of hydrogen-bond acceptors (Lipinski definition) is 2. The first-order valence-corrected chi connectivity index (χ1v) is 10.4. The van der Waals surface area contributed by atoms with Crippen LogP contribution in [0.15, 0.2) is 35.3 Å². The summed E-state index contributed by atoms with van der Waals surface area (Å²) < 4.78 is 1.96. The molecule has 1 aromatic carbocycles. The van der Waals surface area contributed by atoms with Crippen molar-refractivity contribution in [1.82, 2.24) is 20.4 Å². The zero-order chi connectivity index (χ0) is 20.7. The highest BCUT2D eigenvalue weighted by Crippen LogP contribution is 2.24. The molecule has 0 radical (unpaired) electrons. The lowest BCUT2D eigenvalue weighted by Crippen LogP contribution is -2.43. The van der Waals surface area contributed by atoms with Gasteiger partial charge in [-0.3, -0.25) is 9.67 Å². The summed E-state index contributed by atoms with van der Waals surface area (Å²) in [6.45, 7) is 14.7. The number of aliphatic imine (C=N–C) groups is 1. The number of nitrogens with zero attached hydrogens (tertiary/aromatic N) is 3. The van der Waals surface area contributed by atoms with E-state index >= 15 is 0 Å². The lowest BCUT2D eigenvalue weighted by molar-refractivity contribution is 0.504. The summed E-state index contributed by atoms with van der Waals surface area (Å²) in [4.78, 5) is 4.92. The summed E-state index contributed by atoms with van der Waals surface area (Å²) in [6.07, 6.45) is 0.933. The Balaban J connectivity index is 2.08. The molecule has 0 bridgehead atoms. The van der Waals surface area contributed by atoms with Gasteiger partial charge in [-0.1, -0.05) is 44.2 Å². The molecule has 28 heavy (non-hydrogen) atoms. The van der Waals surface area contributed by atoms with E-state index in [2.05, 4.69) is 87.6 Å². The van der Waals surface area contributed by atoms with E-state index in [4.69, 9.17) is 4.99 Å². The summed E-state index contributed by atoms with van der Waals surface area (Å²) >= 11 is 0. The van der Waals surface area contributed by atoms with Gasteiger partial charge in [0.15, 0.2) is 5.96 Å². The molecular formula is C23H37N5. The number of aryl methyl sites for hydroxylation is 2. The quantitative estimate of drug-likeness (QED) is 0.536. The van der Waals surface area contributed by atoms with E-state index in [1.807, 2.05) is 11.7 Å². The molecule has 0 saturated heterocycles. The van der Waals surface area contributed by atoms with E-state index in [0.717, 1.165) is 31.2 Å². The lowest BCUT2D eigenvalue weighted by Gasteiger charge is -2.22. The molecule has 2 aromatic rings. The van der Waals surface area contributed by atoms with Crippen LogP contribution in [0, 0.1) is 19.8 Å². The highest BCUT2D eigenvalue weighted by Gasteiger charge is 2.17. The van der Waals surface area contributed by atoms with Crippen LogP contribution in [0.4, 0.5) is 0 Å². The molecule has 0 amide bonds. The molecule has 2 atom stereocenters. The minimum atomic E-state index is 0.272. The Labute approximate surface area is 170 Å². The van der Waals surface area contributed by atoms with E-state index in [1.54, 1.807) is 0 Å². The molecule has 0 aliphatic carbocycles. The van der Waals surface area contributed by atoms with E-state index in [-0.39, 0.29) is 6.04 Å². The van der Waals surface area contributed by atoms with Crippen molar-refractivity contribution in [1.29, 1.82) is 0 Å². The molecule has 0 aliphatic heterocycles. The molecule has 2 unspecified atom stereocenters. The summed E-state index contributed by atoms with van der Waals surface area (Å²) in [6, 6.07) is 11.0. The highest BCUT2D eigenvalue weighted by atomic mass is 15.3. The van der Waals surface area contributed by atoms with Gasteiger partial charge in [0.1, 0.15) is 0 Å². The number of aromatic nitrogens is 2. The fourth-order valence-corrected chi connectivity index (χ4v) is 3.61. The summed E-state index contributed by atoms with van der Waals surface area (Å²) in [5.74, 6) is 1.83. The van der Waals surface area contributed by atoms with Crippen LogP contribution in [-0.2, 0) is 13.5 Å². The first kappa shape index (κ1) is 22.0. The molecular weight excluding hydrogens is 346 g/mol. The maximum Gasteiger partial charge on any atom is 0.191 e.